The van der Waals surface area contributed by atoms with E-state index in [1.807, 2.05) is 0 Å². The van der Waals surface area contributed by atoms with Crippen molar-refractivity contribution in [2.75, 3.05) is 24.2 Å². The zero-order chi connectivity index (χ0) is 25.6. The van der Waals surface area contributed by atoms with Crippen LogP contribution in [0.5, 0.6) is 5.75 Å². The van der Waals surface area contributed by atoms with E-state index in [0.29, 0.717) is 5.75 Å². The average molecular weight is 506 g/mol. The second kappa shape index (κ2) is 11.5. The summed E-state index contributed by atoms with van der Waals surface area (Å²) in [7, 11) is -2.38. The van der Waals surface area contributed by atoms with Gasteiger partial charge in [0.15, 0.2) is 0 Å². The fourth-order valence-electron chi connectivity index (χ4n) is 4.19. The molecule has 3 rings (SSSR count). The highest BCUT2D eigenvalue weighted by atomic mass is 32.2. The lowest BCUT2D eigenvalue weighted by Gasteiger charge is -2.32. The summed E-state index contributed by atoms with van der Waals surface area (Å²) >= 11 is 0. The number of hydrogen-bond donors (Lipinski definition) is 1. The molecule has 0 bridgehead atoms. The second-order valence-electron chi connectivity index (χ2n) is 8.79. The van der Waals surface area contributed by atoms with Gasteiger partial charge in [0.2, 0.25) is 21.8 Å². The number of hydrogen-bond acceptors (Lipinski definition) is 5. The van der Waals surface area contributed by atoms with E-state index < -0.39 is 34.3 Å². The standard InChI is InChI=1S/C25H32FN3O5S/c1-18(25(31)27-21-10-4-5-11-21)28(16-19-8-6-13-23(14-19)34-2)24(30)17-29(35(3,32)33)22-12-7-9-20(26)15-22/h6-9,12-15,18,21H,4-5,10-11,16-17H2,1-3H3,(H,27,31)/t18-/m1/s1. The normalized spacial score (nSPS) is 14.9. The Bertz CT molecular complexity index is 1150. The maximum absolute atomic E-state index is 13.8. The van der Waals surface area contributed by atoms with Gasteiger partial charge < -0.3 is 15.0 Å². The van der Waals surface area contributed by atoms with Gasteiger partial charge in [-0.3, -0.25) is 13.9 Å². The number of nitrogens with zero attached hydrogens (tertiary/aromatic N) is 2. The maximum atomic E-state index is 13.8. The summed E-state index contributed by atoms with van der Waals surface area (Å²) in [6, 6.07) is 11.3. The molecule has 8 nitrogen and oxygen atoms in total. The molecule has 0 spiro atoms. The van der Waals surface area contributed by atoms with Gasteiger partial charge in [-0.2, -0.15) is 0 Å². The van der Waals surface area contributed by atoms with Crippen LogP contribution in [0.1, 0.15) is 38.2 Å². The molecule has 1 N–H and O–H groups in total. The smallest absolute Gasteiger partial charge is 0.244 e. The van der Waals surface area contributed by atoms with Crippen molar-refractivity contribution in [2.24, 2.45) is 0 Å². The number of benzene rings is 2. The Hall–Kier alpha value is -3.14. The SMILES string of the molecule is COc1cccc(CN(C(=O)CN(c2cccc(F)c2)S(C)(=O)=O)[C@H](C)C(=O)NC2CCCC2)c1. The van der Waals surface area contributed by atoms with Crippen LogP contribution >= 0.6 is 0 Å². The van der Waals surface area contributed by atoms with E-state index in [4.69, 9.17) is 4.74 Å². The first kappa shape index (κ1) is 26.5. The number of sulfonamides is 1. The van der Waals surface area contributed by atoms with Crippen LogP contribution in [-0.2, 0) is 26.2 Å². The third kappa shape index (κ3) is 7.17. The van der Waals surface area contributed by atoms with Crippen LogP contribution in [0.25, 0.3) is 0 Å². The van der Waals surface area contributed by atoms with Crippen molar-refractivity contribution in [3.63, 3.8) is 0 Å². The summed E-state index contributed by atoms with van der Waals surface area (Å²) in [5, 5.41) is 3.01. The molecule has 1 aliphatic carbocycles. The van der Waals surface area contributed by atoms with Crippen LogP contribution in [0.15, 0.2) is 48.5 Å². The molecular formula is C25H32FN3O5S. The summed E-state index contributed by atoms with van der Waals surface area (Å²) in [6.45, 7) is 1.11. The van der Waals surface area contributed by atoms with E-state index in [9.17, 15) is 22.4 Å². The van der Waals surface area contributed by atoms with Crippen molar-refractivity contribution in [1.29, 1.82) is 0 Å². The Morgan fingerprint density at radius 2 is 1.83 bits per heavy atom. The van der Waals surface area contributed by atoms with Gasteiger partial charge in [-0.15, -0.1) is 0 Å². The van der Waals surface area contributed by atoms with E-state index in [2.05, 4.69) is 5.32 Å². The Morgan fingerprint density at radius 3 is 2.46 bits per heavy atom. The highest BCUT2D eigenvalue weighted by Crippen LogP contribution is 2.22. The van der Waals surface area contributed by atoms with Crippen LogP contribution < -0.4 is 14.4 Å². The number of ether oxygens (including phenoxy) is 1. The van der Waals surface area contributed by atoms with Gasteiger partial charge >= 0.3 is 0 Å². The predicted molar refractivity (Wildman–Crippen MR) is 132 cm³/mol. The average Bonchev–Trinajstić information content (AvgIpc) is 3.32. The van der Waals surface area contributed by atoms with Gasteiger partial charge in [0.05, 0.1) is 19.1 Å². The van der Waals surface area contributed by atoms with Crippen molar-refractivity contribution in [1.82, 2.24) is 10.2 Å². The Balaban J connectivity index is 1.89. The molecule has 1 saturated carbocycles. The molecule has 10 heteroatoms. The predicted octanol–water partition coefficient (Wildman–Crippen LogP) is 3.08. The Labute approximate surface area is 206 Å². The number of carbonyl (C=O) groups is 2. The summed E-state index contributed by atoms with van der Waals surface area (Å²) in [4.78, 5) is 27.9. The van der Waals surface area contributed by atoms with Gasteiger partial charge in [-0.05, 0) is 55.7 Å². The van der Waals surface area contributed by atoms with E-state index >= 15 is 0 Å². The monoisotopic (exact) mass is 505 g/mol. The second-order valence-corrected chi connectivity index (χ2v) is 10.7. The number of amides is 2. The molecule has 0 saturated heterocycles. The number of rotatable bonds is 10. The van der Waals surface area contributed by atoms with E-state index in [0.717, 1.165) is 47.9 Å². The van der Waals surface area contributed by atoms with Crippen LogP contribution in [0.2, 0.25) is 0 Å². The van der Waals surface area contributed by atoms with E-state index in [-0.39, 0.29) is 24.2 Å². The lowest BCUT2D eigenvalue weighted by molar-refractivity contribution is -0.139. The molecule has 0 unspecified atom stereocenters. The first-order valence-corrected chi connectivity index (χ1v) is 13.4. The molecular weight excluding hydrogens is 473 g/mol. The minimum Gasteiger partial charge on any atom is -0.497 e. The molecule has 2 amide bonds. The van der Waals surface area contributed by atoms with Crippen LogP contribution in [0, 0.1) is 5.82 Å². The minimum absolute atomic E-state index is 0.0326. The third-order valence-corrected chi connectivity index (χ3v) is 7.27. The molecule has 0 aliphatic heterocycles. The summed E-state index contributed by atoms with van der Waals surface area (Å²) in [5.41, 5.74) is 0.750. The molecule has 2 aromatic carbocycles. The highest BCUT2D eigenvalue weighted by Gasteiger charge is 2.31. The topological polar surface area (TPSA) is 96.0 Å². The third-order valence-electron chi connectivity index (χ3n) is 6.13. The number of halogens is 1. The molecule has 0 heterocycles. The van der Waals surface area contributed by atoms with Crippen LogP contribution in [0.4, 0.5) is 10.1 Å². The van der Waals surface area contributed by atoms with Gasteiger partial charge in [-0.1, -0.05) is 31.0 Å². The number of nitrogens with one attached hydrogen (secondary N) is 1. The maximum Gasteiger partial charge on any atom is 0.244 e. The Kier molecular flexibility index (Phi) is 8.71. The van der Waals surface area contributed by atoms with Crippen molar-refractivity contribution in [3.05, 3.63) is 59.9 Å². The van der Waals surface area contributed by atoms with Crippen molar-refractivity contribution >= 4 is 27.5 Å². The molecule has 35 heavy (non-hydrogen) atoms. The van der Waals surface area contributed by atoms with Crippen LogP contribution in [-0.4, -0.2) is 57.1 Å². The molecule has 1 fully saturated rings. The molecule has 1 aliphatic rings. The lowest BCUT2D eigenvalue weighted by atomic mass is 10.1. The van der Waals surface area contributed by atoms with E-state index in [1.165, 1.54) is 30.2 Å². The van der Waals surface area contributed by atoms with E-state index in [1.54, 1.807) is 31.2 Å². The zero-order valence-corrected chi connectivity index (χ0v) is 21.1. The van der Waals surface area contributed by atoms with Gasteiger partial charge in [-0.25, -0.2) is 12.8 Å². The molecule has 190 valence electrons. The first-order chi connectivity index (χ1) is 16.6. The summed E-state index contributed by atoms with van der Waals surface area (Å²) in [5.74, 6) is -0.919. The number of carbonyl (C=O) groups excluding carboxylic acids is 2. The van der Waals surface area contributed by atoms with Crippen LogP contribution in [0.3, 0.4) is 0 Å². The highest BCUT2D eigenvalue weighted by molar-refractivity contribution is 7.92. The van der Waals surface area contributed by atoms with Gasteiger partial charge in [0.1, 0.15) is 24.2 Å². The van der Waals surface area contributed by atoms with Gasteiger partial charge in [0, 0.05) is 12.6 Å². The molecule has 2 aromatic rings. The van der Waals surface area contributed by atoms with Gasteiger partial charge in [0.25, 0.3) is 0 Å². The molecule has 0 aromatic heterocycles. The fourth-order valence-corrected chi connectivity index (χ4v) is 5.03. The number of anilines is 1. The van der Waals surface area contributed by atoms with Crippen molar-refractivity contribution in [2.45, 2.75) is 51.2 Å². The van der Waals surface area contributed by atoms with Crippen molar-refractivity contribution < 1.29 is 27.1 Å². The minimum atomic E-state index is -3.91. The molecule has 1 atom stereocenters. The van der Waals surface area contributed by atoms with Crippen molar-refractivity contribution in [3.8, 4) is 5.75 Å². The summed E-state index contributed by atoms with van der Waals surface area (Å²) < 4.78 is 45.0. The number of methoxy groups -OCH3 is 1. The fraction of sp³-hybridized carbons (Fsp3) is 0.440. The first-order valence-electron chi connectivity index (χ1n) is 11.5. The lowest BCUT2D eigenvalue weighted by Crippen LogP contribution is -2.52. The largest absolute Gasteiger partial charge is 0.497 e. The quantitative estimate of drug-likeness (QED) is 0.535. The molecule has 0 radical (unpaired) electrons. The zero-order valence-electron chi connectivity index (χ0n) is 20.2. The summed E-state index contributed by atoms with van der Waals surface area (Å²) in [6.07, 6.45) is 4.83. The Morgan fingerprint density at radius 1 is 1.14 bits per heavy atom.